The van der Waals surface area contributed by atoms with Crippen molar-refractivity contribution in [1.29, 1.82) is 0 Å². The molecule has 0 radical (unpaired) electrons. The van der Waals surface area contributed by atoms with Crippen LogP contribution in [0, 0.1) is 6.92 Å². The lowest BCUT2D eigenvalue weighted by atomic mass is 10.1. The third-order valence-electron chi connectivity index (χ3n) is 5.20. The molecule has 30 heavy (non-hydrogen) atoms. The van der Waals surface area contributed by atoms with Crippen molar-refractivity contribution < 1.29 is 17.8 Å². The number of nitrogens with zero attached hydrogens (tertiary/aromatic N) is 1. The van der Waals surface area contributed by atoms with E-state index in [0.29, 0.717) is 4.90 Å². The normalized spacial score (nSPS) is 22.2. The maximum absolute atomic E-state index is 13.6. The molecule has 0 bridgehead atoms. The van der Waals surface area contributed by atoms with E-state index in [4.69, 9.17) is 9.05 Å². The molecular formula is C23H26NO4PS. The van der Waals surface area contributed by atoms with Crippen molar-refractivity contribution in [2.75, 3.05) is 13.2 Å². The summed E-state index contributed by atoms with van der Waals surface area (Å²) in [5.74, 6) is -0.583. The predicted molar refractivity (Wildman–Crippen MR) is 121 cm³/mol. The molecule has 1 aliphatic heterocycles. The summed E-state index contributed by atoms with van der Waals surface area (Å²) < 4.78 is 40.0. The zero-order valence-corrected chi connectivity index (χ0v) is 19.1. The van der Waals surface area contributed by atoms with Gasteiger partial charge in [-0.15, -0.1) is 0 Å². The van der Waals surface area contributed by atoms with Gasteiger partial charge in [0.05, 0.1) is 24.2 Å². The molecule has 2 unspecified atom stereocenters. The Kier molecular flexibility index (Phi) is 6.24. The van der Waals surface area contributed by atoms with E-state index in [1.165, 1.54) is 0 Å². The van der Waals surface area contributed by atoms with Crippen molar-refractivity contribution in [3.63, 3.8) is 0 Å². The third kappa shape index (κ3) is 4.03. The maximum atomic E-state index is 13.6. The van der Waals surface area contributed by atoms with Crippen molar-refractivity contribution in [2.24, 2.45) is 0 Å². The van der Waals surface area contributed by atoms with E-state index in [1.807, 2.05) is 61.5 Å². The number of hydrogen-bond acceptors (Lipinski definition) is 4. The Balaban J connectivity index is 1.75. The van der Waals surface area contributed by atoms with E-state index in [9.17, 15) is 8.77 Å². The van der Waals surface area contributed by atoms with Crippen LogP contribution in [-0.4, -0.2) is 27.5 Å². The quantitative estimate of drug-likeness (QED) is 0.325. The van der Waals surface area contributed by atoms with Gasteiger partial charge in [-0.1, -0.05) is 54.1 Å². The second kappa shape index (κ2) is 8.74. The Morgan fingerprint density at radius 2 is 1.57 bits per heavy atom. The van der Waals surface area contributed by atoms with Crippen LogP contribution in [0.3, 0.4) is 0 Å². The summed E-state index contributed by atoms with van der Waals surface area (Å²) in [5.41, 5.74) is 2.05. The van der Waals surface area contributed by atoms with Crippen LogP contribution in [0.4, 0.5) is 0 Å². The molecule has 0 aromatic heterocycles. The van der Waals surface area contributed by atoms with Crippen LogP contribution in [0.15, 0.2) is 71.6 Å². The van der Waals surface area contributed by atoms with Gasteiger partial charge in [-0.2, -0.15) is 4.31 Å². The molecule has 0 spiro atoms. The zero-order valence-electron chi connectivity index (χ0n) is 17.4. The standard InChI is InChI=1S/C23H26NO4PS/c1-4-27-29(25,28-5-2)23-22(20-13-12-18-8-6-7-9-19(18)16-20)24(23)30(26)21-14-10-17(3)11-15-21/h6-16,22-23H,4-5H2,1-3H3/t22-,23-,24?,30?/m1/s1. The minimum absolute atomic E-state index is 0.267. The molecule has 4 rings (SSSR count). The average Bonchev–Trinajstić information content (AvgIpc) is 3.50. The van der Waals surface area contributed by atoms with Crippen LogP contribution < -0.4 is 0 Å². The first-order valence-electron chi connectivity index (χ1n) is 10.1. The van der Waals surface area contributed by atoms with Crippen LogP contribution in [0.5, 0.6) is 0 Å². The van der Waals surface area contributed by atoms with Gasteiger partial charge in [0.2, 0.25) is 0 Å². The predicted octanol–water partition coefficient (Wildman–Crippen LogP) is 5.82. The highest BCUT2D eigenvalue weighted by atomic mass is 32.2. The molecule has 5 nitrogen and oxygen atoms in total. The molecule has 0 N–H and O–H groups in total. The van der Waals surface area contributed by atoms with Crippen LogP contribution in [-0.2, 0) is 24.6 Å². The van der Waals surface area contributed by atoms with E-state index >= 15 is 0 Å². The average molecular weight is 444 g/mol. The van der Waals surface area contributed by atoms with Gasteiger partial charge < -0.3 is 9.05 Å². The first-order valence-corrected chi connectivity index (χ1v) is 12.8. The molecule has 158 valence electrons. The van der Waals surface area contributed by atoms with E-state index in [2.05, 4.69) is 12.1 Å². The molecule has 4 atom stereocenters. The first kappa shape index (κ1) is 21.4. The van der Waals surface area contributed by atoms with Gasteiger partial charge in [-0.3, -0.25) is 4.57 Å². The van der Waals surface area contributed by atoms with Crippen molar-refractivity contribution in [3.05, 3.63) is 77.9 Å². The van der Waals surface area contributed by atoms with Crippen molar-refractivity contribution in [2.45, 2.75) is 37.5 Å². The van der Waals surface area contributed by atoms with Crippen molar-refractivity contribution >= 4 is 29.4 Å². The molecular weight excluding hydrogens is 417 g/mol. The monoisotopic (exact) mass is 443 g/mol. The molecule has 1 fully saturated rings. The molecule has 1 aliphatic rings. The van der Waals surface area contributed by atoms with Crippen molar-refractivity contribution in [3.8, 4) is 0 Å². The lowest BCUT2D eigenvalue weighted by Crippen LogP contribution is -2.10. The highest BCUT2D eigenvalue weighted by Gasteiger charge is 2.64. The van der Waals surface area contributed by atoms with Crippen LogP contribution >= 0.6 is 7.60 Å². The third-order valence-corrected chi connectivity index (χ3v) is 9.28. The first-order chi connectivity index (χ1) is 14.5. The molecule has 1 heterocycles. The zero-order chi connectivity index (χ0) is 21.3. The van der Waals surface area contributed by atoms with Crippen LogP contribution in [0.2, 0.25) is 0 Å². The van der Waals surface area contributed by atoms with Crippen molar-refractivity contribution in [1.82, 2.24) is 4.31 Å². The molecule has 0 amide bonds. The van der Waals surface area contributed by atoms with Gasteiger partial charge in [0.25, 0.3) is 0 Å². The van der Waals surface area contributed by atoms with Gasteiger partial charge in [0.15, 0.2) is 0 Å². The van der Waals surface area contributed by atoms with Crippen LogP contribution in [0.1, 0.15) is 31.0 Å². The highest BCUT2D eigenvalue weighted by molar-refractivity contribution is 7.83. The van der Waals surface area contributed by atoms with Crippen LogP contribution in [0.25, 0.3) is 10.8 Å². The lowest BCUT2D eigenvalue weighted by Gasteiger charge is -2.16. The molecule has 7 heteroatoms. The topological polar surface area (TPSA) is 55.6 Å². The second-order valence-corrected chi connectivity index (χ2v) is 10.8. The smallest absolute Gasteiger partial charge is 0.308 e. The summed E-state index contributed by atoms with van der Waals surface area (Å²) in [7, 11) is -4.95. The number of rotatable bonds is 8. The SMILES string of the molecule is CCOP(=O)(OCC)[C@@H]1[C@@H](c2ccc3ccccc3c2)N1S(=O)c1ccc(C)cc1. The number of aryl methyl sites for hydroxylation is 1. The Bertz CT molecular complexity index is 1110. The fourth-order valence-corrected chi connectivity index (χ4v) is 7.86. The summed E-state index contributed by atoms with van der Waals surface area (Å²) >= 11 is 0. The van der Waals surface area contributed by atoms with E-state index in [1.54, 1.807) is 18.2 Å². The number of benzene rings is 3. The Hall–Kier alpha value is -1.82. The fraction of sp³-hybridized carbons (Fsp3) is 0.304. The highest BCUT2D eigenvalue weighted by Crippen LogP contribution is 2.69. The van der Waals surface area contributed by atoms with E-state index in [-0.39, 0.29) is 19.3 Å². The summed E-state index contributed by atoms with van der Waals surface area (Å²) in [4.78, 5) is 0.674. The largest absolute Gasteiger partial charge is 0.350 e. The Morgan fingerprint density at radius 3 is 2.20 bits per heavy atom. The van der Waals surface area contributed by atoms with Gasteiger partial charge >= 0.3 is 7.60 Å². The summed E-state index contributed by atoms with van der Waals surface area (Å²) in [6, 6.07) is 21.5. The number of fused-ring (bicyclic) bond motifs is 1. The summed E-state index contributed by atoms with van der Waals surface area (Å²) in [6.45, 7) is 6.11. The molecule has 0 saturated carbocycles. The maximum Gasteiger partial charge on any atom is 0.350 e. The summed E-state index contributed by atoms with van der Waals surface area (Å²) in [6.07, 6.45) is 0. The van der Waals surface area contributed by atoms with Gasteiger partial charge in [0.1, 0.15) is 16.8 Å². The Labute approximate surface area is 180 Å². The molecule has 3 aromatic carbocycles. The van der Waals surface area contributed by atoms with Gasteiger partial charge in [-0.25, -0.2) is 4.21 Å². The summed E-state index contributed by atoms with van der Waals surface area (Å²) in [5, 5.41) is 2.21. The molecule has 1 saturated heterocycles. The second-order valence-electron chi connectivity index (χ2n) is 7.26. The molecule has 3 aromatic rings. The minimum Gasteiger partial charge on any atom is -0.308 e. The Morgan fingerprint density at radius 1 is 0.933 bits per heavy atom. The molecule has 0 aliphatic carbocycles. The van der Waals surface area contributed by atoms with E-state index < -0.39 is 24.4 Å². The lowest BCUT2D eigenvalue weighted by molar-refractivity contribution is 0.216. The number of hydrogen-bond donors (Lipinski definition) is 0. The van der Waals surface area contributed by atoms with E-state index in [0.717, 1.165) is 21.9 Å². The minimum atomic E-state index is -3.47. The van der Waals surface area contributed by atoms with Gasteiger partial charge in [0, 0.05) is 0 Å². The fourth-order valence-electron chi connectivity index (χ4n) is 3.75. The van der Waals surface area contributed by atoms with Gasteiger partial charge in [-0.05, 0) is 55.3 Å².